The highest BCUT2D eigenvalue weighted by molar-refractivity contribution is 8.39. The van der Waals surface area contributed by atoms with Crippen molar-refractivity contribution in [1.29, 1.82) is 0 Å². The third-order valence-electron chi connectivity index (χ3n) is 7.56. The standard InChI is InChI=1S/C22H28N10O10P2S2/c1-22(14(33)13(37-2)20(41-22)31-7-27-11-15(23)25-6-26-16(11)31)5-39-44(36,46)42-10-3-9(4-38-43(35)45)40-19(10)32-8-28-12-17(32)29-21(24)30-18(12)34/h6-10,13-14,19-20,33H,3-5H2,1-2H3,(H6-,23,24,25,26,29,30,34,35,36,45,46)/p+1/t9-,10+,13+,14-,19+,20-,22+,44?/m0/s1. The number of aromatic nitrogens is 8. The van der Waals surface area contributed by atoms with Crippen LogP contribution in [0.5, 0.6) is 0 Å². The second kappa shape index (κ2) is 12.7. The molecule has 4 aromatic heterocycles. The zero-order valence-electron chi connectivity index (χ0n) is 24.0. The van der Waals surface area contributed by atoms with Gasteiger partial charge in [-0.3, -0.25) is 18.9 Å². The van der Waals surface area contributed by atoms with Crippen molar-refractivity contribution >= 4 is 72.1 Å². The maximum atomic E-state index is 12.4. The van der Waals surface area contributed by atoms with E-state index in [9.17, 15) is 19.4 Å². The lowest BCUT2D eigenvalue weighted by Crippen LogP contribution is -2.44. The molecule has 0 amide bonds. The third-order valence-corrected chi connectivity index (χ3v) is 9.85. The number of aromatic amines is 1. The molecule has 2 aliphatic rings. The molecule has 24 heteroatoms. The highest BCUT2D eigenvalue weighted by atomic mass is 32.7. The Morgan fingerprint density at radius 2 is 1.93 bits per heavy atom. The summed E-state index contributed by atoms with van der Waals surface area (Å²) in [5, 5.41) is 11.3. The van der Waals surface area contributed by atoms with Crippen LogP contribution in [-0.4, -0.2) is 99.4 Å². The van der Waals surface area contributed by atoms with Crippen LogP contribution in [0, 0.1) is 0 Å². The second-order valence-corrected chi connectivity index (χ2v) is 15.1. The number of imidazole rings is 2. The first-order valence-electron chi connectivity index (χ1n) is 13.4. The number of nitrogens with one attached hydrogen (secondary N) is 1. The Labute approximate surface area is 270 Å². The van der Waals surface area contributed by atoms with E-state index in [0.29, 0.717) is 11.2 Å². The van der Waals surface area contributed by atoms with Gasteiger partial charge in [0.25, 0.3) is 5.56 Å². The lowest BCUT2D eigenvalue weighted by Gasteiger charge is -2.30. The molecule has 0 radical (unpaired) electrons. The number of aliphatic hydroxyl groups is 1. The SMILES string of the molecule is CO[C@H]1[C@@H](n2cnc3c(N)ncnc32)O[C@](C)(COP(O)(=S)O[C@@H]2C[C@@H](CO[P+](=O)S)O[C@H]2n2cnc3c(=O)[nH]c(N)nc32)[C@H]1O. The van der Waals surface area contributed by atoms with Gasteiger partial charge in [0, 0.05) is 13.5 Å². The second-order valence-electron chi connectivity index (χ2n) is 10.6. The number of methoxy groups -OCH3 is 1. The molecule has 2 unspecified atom stereocenters. The fraction of sp³-hybridized carbons (Fsp3) is 0.545. The van der Waals surface area contributed by atoms with E-state index in [2.05, 4.69) is 42.2 Å². The van der Waals surface area contributed by atoms with Crippen molar-refractivity contribution in [2.24, 2.45) is 0 Å². The molecular weight excluding hydrogens is 690 g/mol. The average molecular weight is 720 g/mol. The summed E-state index contributed by atoms with van der Waals surface area (Å²) in [6, 6.07) is 0. The van der Waals surface area contributed by atoms with Crippen LogP contribution >= 0.6 is 26.2 Å². The molecule has 7 N–H and O–H groups in total. The van der Waals surface area contributed by atoms with Crippen molar-refractivity contribution in [3.63, 3.8) is 0 Å². The van der Waals surface area contributed by atoms with E-state index < -0.39 is 68.6 Å². The molecule has 2 aliphatic heterocycles. The number of anilines is 2. The zero-order valence-corrected chi connectivity index (χ0v) is 27.5. The molecule has 20 nitrogen and oxygen atoms in total. The van der Waals surface area contributed by atoms with Crippen molar-refractivity contribution in [2.45, 2.75) is 55.8 Å². The number of hydrogen-bond donors (Lipinski definition) is 6. The van der Waals surface area contributed by atoms with Gasteiger partial charge in [0.1, 0.15) is 54.6 Å². The van der Waals surface area contributed by atoms with E-state index >= 15 is 0 Å². The summed E-state index contributed by atoms with van der Waals surface area (Å²) in [7, 11) is -0.832. The molecule has 2 saturated heterocycles. The third kappa shape index (κ3) is 6.28. The van der Waals surface area contributed by atoms with Crippen molar-refractivity contribution in [1.82, 2.24) is 39.0 Å². The number of nitrogens with zero attached hydrogens (tertiary/aromatic N) is 7. The number of nitrogens with two attached hydrogens (primary N) is 2. The van der Waals surface area contributed by atoms with Crippen LogP contribution < -0.4 is 17.0 Å². The molecule has 248 valence electrons. The van der Waals surface area contributed by atoms with E-state index in [4.69, 9.17) is 51.1 Å². The molecule has 0 saturated carbocycles. The van der Waals surface area contributed by atoms with E-state index in [0.717, 1.165) is 0 Å². The first-order valence-corrected chi connectivity index (χ1v) is 18.4. The Morgan fingerprint density at radius 1 is 1.22 bits per heavy atom. The summed E-state index contributed by atoms with van der Waals surface area (Å²) in [4.78, 5) is 46.6. The van der Waals surface area contributed by atoms with Crippen LogP contribution in [0.15, 0.2) is 23.8 Å². The van der Waals surface area contributed by atoms with Crippen LogP contribution in [0.1, 0.15) is 25.8 Å². The van der Waals surface area contributed by atoms with Crippen LogP contribution in [0.2, 0.25) is 0 Å². The number of aliphatic hydroxyl groups excluding tert-OH is 1. The van der Waals surface area contributed by atoms with Crippen molar-refractivity contribution in [3.8, 4) is 0 Å². The Morgan fingerprint density at radius 3 is 2.65 bits per heavy atom. The monoisotopic (exact) mass is 719 g/mol. The number of hydrogen-bond acceptors (Lipinski definition) is 17. The number of rotatable bonds is 11. The number of H-pyrrole nitrogens is 1. The Bertz CT molecular complexity index is 1890. The number of nitrogen functional groups attached to an aromatic ring is 2. The van der Waals surface area contributed by atoms with E-state index in [1.54, 1.807) is 11.5 Å². The predicted octanol–water partition coefficient (Wildman–Crippen LogP) is 0.297. The van der Waals surface area contributed by atoms with Gasteiger partial charge in [-0.15, -0.1) is 4.52 Å². The minimum atomic E-state index is -4.10. The first-order chi connectivity index (χ1) is 21.8. The minimum Gasteiger partial charge on any atom is -0.387 e. The largest absolute Gasteiger partial charge is 0.582 e. The topological polar surface area (TPSA) is 272 Å². The summed E-state index contributed by atoms with van der Waals surface area (Å²) in [6.45, 7) is -3.10. The molecule has 0 aliphatic carbocycles. The Kier molecular flexibility index (Phi) is 9.17. The lowest BCUT2D eigenvalue weighted by atomic mass is 9.98. The highest BCUT2D eigenvalue weighted by Crippen LogP contribution is 2.52. The van der Waals surface area contributed by atoms with Gasteiger partial charge in [0.15, 0.2) is 35.1 Å². The normalized spacial score (nSPS) is 29.9. The quantitative estimate of drug-likeness (QED) is 0.0898. The lowest BCUT2D eigenvalue weighted by molar-refractivity contribution is -0.114. The van der Waals surface area contributed by atoms with Crippen LogP contribution in [0.4, 0.5) is 11.8 Å². The first kappa shape index (κ1) is 33.2. The number of fused-ring (bicyclic) bond motifs is 2. The van der Waals surface area contributed by atoms with Gasteiger partial charge in [0.2, 0.25) is 5.95 Å². The molecule has 6 rings (SSSR count). The molecule has 46 heavy (non-hydrogen) atoms. The van der Waals surface area contributed by atoms with Gasteiger partial charge in [-0.1, -0.05) is 0 Å². The van der Waals surface area contributed by atoms with Crippen LogP contribution in [-0.2, 0) is 44.2 Å². The maximum Gasteiger partial charge on any atom is 0.582 e. The number of ether oxygens (including phenoxy) is 3. The Balaban J connectivity index is 1.21. The van der Waals surface area contributed by atoms with Gasteiger partial charge in [-0.25, -0.2) is 19.9 Å². The van der Waals surface area contributed by atoms with Crippen LogP contribution in [0.3, 0.4) is 0 Å². The van der Waals surface area contributed by atoms with Crippen molar-refractivity contribution < 1.29 is 42.3 Å². The van der Waals surface area contributed by atoms with Gasteiger partial charge >= 0.3 is 13.9 Å². The van der Waals surface area contributed by atoms with Gasteiger partial charge in [0.05, 0.1) is 25.4 Å². The summed E-state index contributed by atoms with van der Waals surface area (Å²) in [5.41, 5.74) is 10.4. The highest BCUT2D eigenvalue weighted by Gasteiger charge is 2.54. The van der Waals surface area contributed by atoms with Gasteiger partial charge in [-0.2, -0.15) is 4.98 Å². The zero-order chi connectivity index (χ0) is 33.0. The summed E-state index contributed by atoms with van der Waals surface area (Å²) in [5.74, 6) is 0.00515. The van der Waals surface area contributed by atoms with Gasteiger partial charge < -0.3 is 44.7 Å². The minimum absolute atomic E-state index is 0.0169. The molecule has 6 heterocycles. The molecule has 4 aromatic rings. The molecule has 0 bridgehead atoms. The van der Waals surface area contributed by atoms with Gasteiger partial charge in [-0.05, 0) is 23.3 Å². The van der Waals surface area contributed by atoms with E-state index in [1.165, 1.54) is 30.7 Å². The molecule has 2 fully saturated rings. The molecule has 9 atom stereocenters. The Hall–Kier alpha value is -2.72. The molecule has 0 aromatic carbocycles. The molecule has 0 spiro atoms. The molecular formula is C22H29N10O10P2S2+. The smallest absolute Gasteiger partial charge is 0.387 e. The fourth-order valence-electron chi connectivity index (χ4n) is 5.40. The van der Waals surface area contributed by atoms with Crippen molar-refractivity contribution in [2.75, 3.05) is 31.8 Å². The number of thiol groups is 1. The predicted molar refractivity (Wildman–Crippen MR) is 166 cm³/mol. The summed E-state index contributed by atoms with van der Waals surface area (Å²) >= 11 is 9.11. The average Bonchev–Trinajstić information content (AvgIpc) is 3.76. The summed E-state index contributed by atoms with van der Waals surface area (Å²) in [6.07, 6.45) is -1.75. The van der Waals surface area contributed by atoms with E-state index in [-0.39, 0.29) is 36.0 Å². The van der Waals surface area contributed by atoms with Crippen LogP contribution in [0.25, 0.3) is 22.3 Å². The maximum absolute atomic E-state index is 12.4. The fourth-order valence-corrected chi connectivity index (χ4v) is 7.40. The van der Waals surface area contributed by atoms with E-state index in [1.807, 2.05) is 0 Å². The van der Waals surface area contributed by atoms with Crippen molar-refractivity contribution in [3.05, 3.63) is 29.3 Å². The summed E-state index contributed by atoms with van der Waals surface area (Å²) < 4.78 is 49.0.